The zero-order chi connectivity index (χ0) is 12.4. The summed E-state index contributed by atoms with van der Waals surface area (Å²) in [5.74, 6) is 0.746. The summed E-state index contributed by atoms with van der Waals surface area (Å²) in [6, 6.07) is 4.30. The first-order valence-corrected chi connectivity index (χ1v) is 6.77. The average molecular weight is 248 g/mol. The molecular weight excluding hydrogens is 228 g/mol. The van der Waals surface area contributed by atoms with Crippen LogP contribution in [0.15, 0.2) is 18.3 Å². The number of hydrogen-bond donors (Lipinski definition) is 1. The third kappa shape index (κ3) is 2.71. The van der Waals surface area contributed by atoms with E-state index >= 15 is 0 Å². The molecule has 0 amide bonds. The first-order valence-electron chi connectivity index (χ1n) is 6.77. The molecule has 4 nitrogen and oxygen atoms in total. The molecule has 18 heavy (non-hydrogen) atoms. The van der Waals surface area contributed by atoms with Gasteiger partial charge in [0.25, 0.3) is 0 Å². The summed E-state index contributed by atoms with van der Waals surface area (Å²) in [6.45, 7) is 1.33. The molecule has 1 saturated heterocycles. The van der Waals surface area contributed by atoms with Crippen LogP contribution in [-0.4, -0.2) is 24.2 Å². The fraction of sp³-hybridized carbons (Fsp3) is 0.643. The monoisotopic (exact) mass is 248 g/mol. The molecule has 2 fully saturated rings. The van der Waals surface area contributed by atoms with E-state index in [1.165, 1.54) is 12.8 Å². The summed E-state index contributed by atoms with van der Waals surface area (Å²) < 4.78 is 11.1. The molecule has 1 aromatic rings. The van der Waals surface area contributed by atoms with Crippen LogP contribution in [0.5, 0.6) is 0 Å². The molecule has 98 valence electrons. The Bertz CT molecular complexity index is 401. The molecule has 2 aliphatic rings. The minimum absolute atomic E-state index is 0.231. The van der Waals surface area contributed by atoms with Crippen LogP contribution < -0.4 is 5.73 Å². The maximum Gasteiger partial charge on any atom is 0.185 e. The summed E-state index contributed by atoms with van der Waals surface area (Å²) in [4.78, 5) is 4.46. The molecule has 0 aromatic carbocycles. The minimum Gasteiger partial charge on any atom is -0.346 e. The van der Waals surface area contributed by atoms with E-state index in [0.29, 0.717) is 19.3 Å². The highest BCUT2D eigenvalue weighted by Crippen LogP contribution is 2.33. The lowest BCUT2D eigenvalue weighted by atomic mass is 10.0. The Hall–Kier alpha value is -0.970. The van der Waals surface area contributed by atoms with Gasteiger partial charge in [0.1, 0.15) is 0 Å². The smallest absolute Gasteiger partial charge is 0.185 e. The van der Waals surface area contributed by atoms with E-state index in [2.05, 4.69) is 4.98 Å². The predicted octanol–water partition coefficient (Wildman–Crippen LogP) is 1.80. The Morgan fingerprint density at radius 2 is 2.11 bits per heavy atom. The number of rotatable bonds is 5. The van der Waals surface area contributed by atoms with E-state index in [9.17, 15) is 0 Å². The number of ether oxygens (including phenoxy) is 2. The molecular formula is C14H20N2O2. The van der Waals surface area contributed by atoms with Crippen LogP contribution in [0.2, 0.25) is 0 Å². The SMILES string of the molecule is NC(CCc1ncccc1C1OCCO1)C1CC1. The van der Waals surface area contributed by atoms with Gasteiger partial charge in [0.05, 0.1) is 13.2 Å². The van der Waals surface area contributed by atoms with Crippen LogP contribution in [0.3, 0.4) is 0 Å². The summed E-state index contributed by atoms with van der Waals surface area (Å²) in [7, 11) is 0. The van der Waals surface area contributed by atoms with Gasteiger partial charge in [-0.05, 0) is 37.7 Å². The molecule has 1 aliphatic carbocycles. The van der Waals surface area contributed by atoms with Gasteiger partial charge >= 0.3 is 0 Å². The van der Waals surface area contributed by atoms with E-state index in [4.69, 9.17) is 15.2 Å². The topological polar surface area (TPSA) is 57.4 Å². The first kappa shape index (κ1) is 12.1. The second-order valence-corrected chi connectivity index (χ2v) is 5.15. The lowest BCUT2D eigenvalue weighted by Gasteiger charge is -2.15. The Labute approximate surface area is 107 Å². The molecule has 1 aliphatic heterocycles. The molecule has 2 N–H and O–H groups in total. The van der Waals surface area contributed by atoms with Crippen molar-refractivity contribution < 1.29 is 9.47 Å². The van der Waals surface area contributed by atoms with Crippen LogP contribution in [0, 0.1) is 5.92 Å². The molecule has 1 atom stereocenters. The lowest BCUT2D eigenvalue weighted by Crippen LogP contribution is -2.23. The Morgan fingerprint density at radius 1 is 1.33 bits per heavy atom. The van der Waals surface area contributed by atoms with Crippen LogP contribution in [0.25, 0.3) is 0 Å². The van der Waals surface area contributed by atoms with Crippen molar-refractivity contribution >= 4 is 0 Å². The van der Waals surface area contributed by atoms with Crippen LogP contribution in [0.4, 0.5) is 0 Å². The van der Waals surface area contributed by atoms with Gasteiger partial charge in [-0.25, -0.2) is 0 Å². The van der Waals surface area contributed by atoms with E-state index in [0.717, 1.165) is 30.0 Å². The third-order valence-electron chi connectivity index (χ3n) is 3.74. The molecule has 1 unspecified atom stereocenters. The third-order valence-corrected chi connectivity index (χ3v) is 3.74. The van der Waals surface area contributed by atoms with Crippen LogP contribution >= 0.6 is 0 Å². The van der Waals surface area contributed by atoms with Crippen molar-refractivity contribution in [2.45, 2.75) is 38.0 Å². The molecule has 0 bridgehead atoms. The van der Waals surface area contributed by atoms with Crippen LogP contribution in [0.1, 0.15) is 36.8 Å². The van der Waals surface area contributed by atoms with Crippen molar-refractivity contribution in [2.24, 2.45) is 11.7 Å². The lowest BCUT2D eigenvalue weighted by molar-refractivity contribution is -0.0450. The number of pyridine rings is 1. The minimum atomic E-state index is -0.231. The highest BCUT2D eigenvalue weighted by atomic mass is 16.7. The van der Waals surface area contributed by atoms with Gasteiger partial charge in [-0.2, -0.15) is 0 Å². The standard InChI is InChI=1S/C14H20N2O2/c15-12(10-3-4-10)5-6-13-11(2-1-7-16-13)14-17-8-9-18-14/h1-2,7,10,12,14H,3-6,8-9,15H2. The molecule has 1 saturated carbocycles. The highest BCUT2D eigenvalue weighted by molar-refractivity contribution is 5.22. The fourth-order valence-electron chi connectivity index (χ4n) is 2.48. The van der Waals surface area contributed by atoms with Crippen molar-refractivity contribution in [1.82, 2.24) is 4.98 Å². The summed E-state index contributed by atoms with van der Waals surface area (Å²) in [5.41, 5.74) is 8.28. The zero-order valence-corrected chi connectivity index (χ0v) is 10.5. The zero-order valence-electron chi connectivity index (χ0n) is 10.5. The number of aromatic nitrogens is 1. The van der Waals surface area contributed by atoms with E-state index in [1.54, 1.807) is 0 Å². The van der Waals surface area contributed by atoms with Gasteiger partial charge in [0.15, 0.2) is 6.29 Å². The van der Waals surface area contributed by atoms with Gasteiger partial charge in [-0.15, -0.1) is 0 Å². The van der Waals surface area contributed by atoms with Gasteiger partial charge in [0.2, 0.25) is 0 Å². The molecule has 0 radical (unpaired) electrons. The number of nitrogens with zero attached hydrogens (tertiary/aromatic N) is 1. The van der Waals surface area contributed by atoms with Gasteiger partial charge in [0, 0.05) is 23.5 Å². The summed E-state index contributed by atoms with van der Waals surface area (Å²) in [5, 5.41) is 0. The van der Waals surface area contributed by atoms with Gasteiger partial charge in [-0.3, -0.25) is 4.98 Å². The van der Waals surface area contributed by atoms with Crippen molar-refractivity contribution in [3.63, 3.8) is 0 Å². The number of nitrogens with two attached hydrogens (primary N) is 1. The fourth-order valence-corrected chi connectivity index (χ4v) is 2.48. The predicted molar refractivity (Wildman–Crippen MR) is 67.9 cm³/mol. The van der Waals surface area contributed by atoms with Crippen molar-refractivity contribution in [2.75, 3.05) is 13.2 Å². The molecule has 1 aromatic heterocycles. The maximum absolute atomic E-state index is 6.14. The normalized spacial score (nSPS) is 22.3. The van der Waals surface area contributed by atoms with Crippen molar-refractivity contribution in [3.05, 3.63) is 29.6 Å². The quantitative estimate of drug-likeness (QED) is 0.863. The van der Waals surface area contributed by atoms with E-state index in [1.807, 2.05) is 18.3 Å². The van der Waals surface area contributed by atoms with Crippen molar-refractivity contribution in [1.29, 1.82) is 0 Å². The second kappa shape index (κ2) is 5.34. The largest absolute Gasteiger partial charge is 0.346 e. The summed E-state index contributed by atoms with van der Waals surface area (Å²) in [6.07, 6.45) is 6.11. The molecule has 4 heteroatoms. The molecule has 0 spiro atoms. The van der Waals surface area contributed by atoms with Crippen molar-refractivity contribution in [3.8, 4) is 0 Å². The Balaban J connectivity index is 1.66. The van der Waals surface area contributed by atoms with Crippen LogP contribution in [-0.2, 0) is 15.9 Å². The van der Waals surface area contributed by atoms with E-state index < -0.39 is 0 Å². The number of hydrogen-bond acceptors (Lipinski definition) is 4. The first-order chi connectivity index (χ1) is 8.84. The van der Waals surface area contributed by atoms with Gasteiger partial charge in [-0.1, -0.05) is 6.07 Å². The Morgan fingerprint density at radius 3 is 2.83 bits per heavy atom. The number of aryl methyl sites for hydroxylation is 1. The Kier molecular flexibility index (Phi) is 3.59. The average Bonchev–Trinajstić information content (AvgIpc) is 3.12. The second-order valence-electron chi connectivity index (χ2n) is 5.15. The summed E-state index contributed by atoms with van der Waals surface area (Å²) >= 11 is 0. The highest BCUT2D eigenvalue weighted by Gasteiger charge is 2.28. The maximum atomic E-state index is 6.14. The van der Waals surface area contributed by atoms with Gasteiger partial charge < -0.3 is 15.2 Å². The molecule has 2 heterocycles. The molecule has 3 rings (SSSR count). The van der Waals surface area contributed by atoms with E-state index in [-0.39, 0.29) is 6.29 Å².